The lowest BCUT2D eigenvalue weighted by Crippen LogP contribution is -2.28. The van der Waals surface area contributed by atoms with Crippen LogP contribution in [0.5, 0.6) is 0 Å². The summed E-state index contributed by atoms with van der Waals surface area (Å²) in [5.74, 6) is -0.106. The minimum absolute atomic E-state index is 0.0613. The maximum atomic E-state index is 11.5. The fraction of sp³-hybridized carbons (Fsp3) is 0.857. The van der Waals surface area contributed by atoms with Crippen molar-refractivity contribution < 1.29 is 22.7 Å². The van der Waals surface area contributed by atoms with Crippen LogP contribution in [0, 0.1) is 0 Å². The van der Waals surface area contributed by atoms with Crippen molar-refractivity contribution >= 4 is 17.5 Å². The topological polar surface area (TPSA) is 38.3 Å². The third-order valence-electron chi connectivity index (χ3n) is 1.16. The molecule has 0 spiro atoms. The Morgan fingerprint density at radius 1 is 1.43 bits per heavy atom. The van der Waals surface area contributed by atoms with E-state index in [1.54, 1.807) is 0 Å². The molecule has 0 saturated heterocycles. The smallest absolute Gasteiger partial charge is 0.370 e. The van der Waals surface area contributed by atoms with Crippen molar-refractivity contribution in [2.24, 2.45) is 0 Å². The van der Waals surface area contributed by atoms with Crippen molar-refractivity contribution in [3.8, 4) is 0 Å². The Hall–Kier alpha value is -0.490. The zero-order valence-electron chi connectivity index (χ0n) is 7.36. The van der Waals surface area contributed by atoms with Crippen molar-refractivity contribution in [3.05, 3.63) is 0 Å². The Morgan fingerprint density at radius 3 is 2.57 bits per heavy atom. The zero-order chi connectivity index (χ0) is 11.0. The largest absolute Gasteiger partial charge is 0.411 e. The van der Waals surface area contributed by atoms with Crippen LogP contribution in [0.15, 0.2) is 0 Å². The van der Waals surface area contributed by atoms with Gasteiger partial charge in [0, 0.05) is 18.8 Å². The summed E-state index contributed by atoms with van der Waals surface area (Å²) in [6, 6.07) is 0. The highest BCUT2D eigenvalue weighted by Crippen LogP contribution is 2.13. The molecule has 7 heteroatoms. The predicted octanol–water partition coefficient (Wildman–Crippen LogP) is 1.31. The first-order valence-corrected chi connectivity index (χ1v) is 4.46. The molecular weight excluding hydrogens is 223 g/mol. The summed E-state index contributed by atoms with van der Waals surface area (Å²) in [6.45, 7) is -1.39. The van der Waals surface area contributed by atoms with Crippen LogP contribution >= 0.6 is 11.6 Å². The second-order valence-electron chi connectivity index (χ2n) is 2.46. The van der Waals surface area contributed by atoms with Gasteiger partial charge in [0.15, 0.2) is 0 Å². The molecule has 1 amide bonds. The number of hydrogen-bond donors (Lipinski definition) is 1. The van der Waals surface area contributed by atoms with Gasteiger partial charge in [-0.2, -0.15) is 13.2 Å². The lowest BCUT2D eigenvalue weighted by molar-refractivity contribution is -0.173. The van der Waals surface area contributed by atoms with Gasteiger partial charge in [0.25, 0.3) is 0 Å². The first-order chi connectivity index (χ1) is 6.45. The fourth-order valence-corrected chi connectivity index (χ4v) is 0.796. The van der Waals surface area contributed by atoms with Gasteiger partial charge in [-0.3, -0.25) is 4.79 Å². The Labute approximate surface area is 84.6 Å². The highest BCUT2D eigenvalue weighted by molar-refractivity contribution is 6.18. The lowest BCUT2D eigenvalue weighted by Gasteiger charge is -2.07. The summed E-state index contributed by atoms with van der Waals surface area (Å²) in [7, 11) is 0. The van der Waals surface area contributed by atoms with Crippen LogP contribution in [0.3, 0.4) is 0 Å². The Morgan fingerprint density at radius 2 is 2.07 bits per heavy atom. The van der Waals surface area contributed by atoms with E-state index in [9.17, 15) is 18.0 Å². The van der Waals surface area contributed by atoms with Gasteiger partial charge >= 0.3 is 6.18 Å². The van der Waals surface area contributed by atoms with Gasteiger partial charge in [-0.15, -0.1) is 11.6 Å². The Bertz CT molecular complexity index is 175. The number of carbonyl (C=O) groups is 1. The molecule has 0 saturated carbocycles. The first-order valence-electron chi connectivity index (χ1n) is 3.93. The monoisotopic (exact) mass is 233 g/mol. The van der Waals surface area contributed by atoms with Crippen LogP contribution in [-0.2, 0) is 9.53 Å². The van der Waals surface area contributed by atoms with E-state index >= 15 is 0 Å². The summed E-state index contributed by atoms with van der Waals surface area (Å²) < 4.78 is 38.9. The number of halogens is 4. The average Bonchev–Trinajstić information content (AvgIpc) is 2.02. The molecule has 0 atom stereocenters. The molecule has 0 aliphatic heterocycles. The van der Waals surface area contributed by atoms with Crippen molar-refractivity contribution in [2.75, 3.05) is 25.6 Å². The van der Waals surface area contributed by atoms with Gasteiger partial charge in [0.05, 0.1) is 6.61 Å². The quantitative estimate of drug-likeness (QED) is 0.555. The third kappa shape index (κ3) is 9.60. The van der Waals surface area contributed by atoms with E-state index < -0.39 is 12.8 Å². The second-order valence-corrected chi connectivity index (χ2v) is 2.83. The van der Waals surface area contributed by atoms with Gasteiger partial charge in [-0.25, -0.2) is 0 Å². The molecule has 0 aliphatic carbocycles. The maximum absolute atomic E-state index is 11.5. The van der Waals surface area contributed by atoms with E-state index in [2.05, 4.69) is 10.1 Å². The highest BCUT2D eigenvalue weighted by atomic mass is 35.5. The molecule has 1 N–H and O–H groups in total. The molecule has 0 rings (SSSR count). The van der Waals surface area contributed by atoms with Crippen molar-refractivity contribution in [1.82, 2.24) is 5.32 Å². The van der Waals surface area contributed by atoms with E-state index in [0.717, 1.165) is 0 Å². The van der Waals surface area contributed by atoms with Gasteiger partial charge in [0.2, 0.25) is 5.91 Å². The summed E-state index contributed by atoms with van der Waals surface area (Å²) in [6.07, 6.45) is -4.17. The van der Waals surface area contributed by atoms with Gasteiger partial charge in [-0.05, 0) is 0 Å². The maximum Gasteiger partial charge on any atom is 0.411 e. The minimum Gasteiger partial charge on any atom is -0.370 e. The average molecular weight is 234 g/mol. The van der Waals surface area contributed by atoms with Gasteiger partial charge in [-0.1, -0.05) is 0 Å². The number of ether oxygens (including phenoxy) is 1. The summed E-state index contributed by atoms with van der Waals surface area (Å²) in [5.41, 5.74) is 0. The SMILES string of the molecule is O=C(CCCl)NCCOCC(F)(F)F. The van der Waals surface area contributed by atoms with Gasteiger partial charge < -0.3 is 10.1 Å². The summed E-state index contributed by atoms with van der Waals surface area (Å²) in [4.78, 5) is 10.7. The van der Waals surface area contributed by atoms with Crippen molar-refractivity contribution in [1.29, 1.82) is 0 Å². The molecule has 84 valence electrons. The molecule has 0 bridgehead atoms. The molecule has 0 radical (unpaired) electrons. The number of nitrogens with one attached hydrogen (secondary N) is 1. The minimum atomic E-state index is -4.32. The molecule has 0 aromatic rings. The number of amides is 1. The summed E-state index contributed by atoms with van der Waals surface area (Å²) in [5, 5.41) is 2.35. The molecule has 0 fully saturated rings. The lowest BCUT2D eigenvalue weighted by atomic mass is 10.4. The van der Waals surface area contributed by atoms with E-state index in [0.29, 0.717) is 0 Å². The number of rotatable bonds is 6. The standard InChI is InChI=1S/C7H11ClF3NO2/c8-2-1-6(13)12-3-4-14-5-7(9,10)11/h1-5H2,(H,12,13). The van der Waals surface area contributed by atoms with E-state index in [-0.39, 0.29) is 31.4 Å². The van der Waals surface area contributed by atoms with Crippen LogP contribution in [-0.4, -0.2) is 37.7 Å². The molecule has 0 unspecified atom stereocenters. The number of carbonyl (C=O) groups excluding carboxylic acids is 1. The zero-order valence-corrected chi connectivity index (χ0v) is 8.12. The van der Waals surface area contributed by atoms with Gasteiger partial charge in [0.1, 0.15) is 6.61 Å². The fourth-order valence-electron chi connectivity index (χ4n) is 0.625. The van der Waals surface area contributed by atoms with E-state index in [1.165, 1.54) is 0 Å². The number of alkyl halides is 4. The van der Waals surface area contributed by atoms with Crippen LogP contribution < -0.4 is 5.32 Å². The van der Waals surface area contributed by atoms with Crippen molar-refractivity contribution in [2.45, 2.75) is 12.6 Å². The second kappa shape index (κ2) is 6.89. The molecule has 0 aromatic heterocycles. The van der Waals surface area contributed by atoms with Crippen LogP contribution in [0.4, 0.5) is 13.2 Å². The van der Waals surface area contributed by atoms with Crippen LogP contribution in [0.1, 0.15) is 6.42 Å². The predicted molar refractivity (Wildman–Crippen MR) is 45.2 cm³/mol. The van der Waals surface area contributed by atoms with Crippen molar-refractivity contribution in [3.63, 3.8) is 0 Å². The molecule has 0 aliphatic rings. The normalized spacial score (nSPS) is 11.4. The molecular formula is C7H11ClF3NO2. The molecule has 0 aromatic carbocycles. The van der Waals surface area contributed by atoms with Crippen LogP contribution in [0.25, 0.3) is 0 Å². The summed E-state index contributed by atoms with van der Waals surface area (Å²) >= 11 is 5.26. The molecule has 0 heterocycles. The first kappa shape index (κ1) is 13.5. The Kier molecular flexibility index (Phi) is 6.65. The van der Waals surface area contributed by atoms with E-state index in [4.69, 9.17) is 11.6 Å². The number of hydrogen-bond acceptors (Lipinski definition) is 2. The van der Waals surface area contributed by atoms with E-state index in [1.807, 2.05) is 0 Å². The molecule has 3 nitrogen and oxygen atoms in total. The van der Waals surface area contributed by atoms with Crippen LogP contribution in [0.2, 0.25) is 0 Å². The molecule has 14 heavy (non-hydrogen) atoms. The third-order valence-corrected chi connectivity index (χ3v) is 1.34. The highest BCUT2D eigenvalue weighted by Gasteiger charge is 2.27. The Balaban J connectivity index is 3.26.